The Morgan fingerprint density at radius 2 is 1.82 bits per heavy atom. The van der Waals surface area contributed by atoms with E-state index in [2.05, 4.69) is 0 Å². The average Bonchev–Trinajstić information content (AvgIpc) is 3.23. The zero-order chi connectivity index (χ0) is 27.7. The Balaban J connectivity index is 1.67. The van der Waals surface area contributed by atoms with E-state index in [-0.39, 0.29) is 23.5 Å². The van der Waals surface area contributed by atoms with Crippen molar-refractivity contribution in [2.75, 3.05) is 43.7 Å². The minimum Gasteiger partial charge on any atom is -0.507 e. The summed E-state index contributed by atoms with van der Waals surface area (Å²) in [7, 11) is 3.46. The molecule has 0 spiro atoms. The third-order valence-corrected chi connectivity index (χ3v) is 6.84. The van der Waals surface area contributed by atoms with E-state index in [4.69, 9.17) is 14.2 Å². The fourth-order valence-corrected chi connectivity index (χ4v) is 4.85. The summed E-state index contributed by atoms with van der Waals surface area (Å²) in [4.78, 5) is 42.7. The van der Waals surface area contributed by atoms with Gasteiger partial charge in [0.05, 0.1) is 43.1 Å². The van der Waals surface area contributed by atoms with Gasteiger partial charge in [-0.1, -0.05) is 18.2 Å². The van der Waals surface area contributed by atoms with Gasteiger partial charge in [0, 0.05) is 18.3 Å². The van der Waals surface area contributed by atoms with Gasteiger partial charge in [-0.25, -0.2) is 4.79 Å². The molecular weight excluding hydrogens is 500 g/mol. The molecule has 1 N–H and O–H groups in total. The van der Waals surface area contributed by atoms with Crippen molar-refractivity contribution in [1.29, 1.82) is 0 Å². The normalized spacial score (nSPS) is 18.0. The monoisotopic (exact) mass is 528 g/mol. The summed E-state index contributed by atoms with van der Waals surface area (Å²) in [5, 5.41) is 11.5. The second-order valence-electron chi connectivity index (χ2n) is 9.17. The highest BCUT2D eigenvalue weighted by Crippen LogP contribution is 2.43. The summed E-state index contributed by atoms with van der Waals surface area (Å²) in [6.07, 6.45) is 0. The van der Waals surface area contributed by atoms with Gasteiger partial charge in [-0.2, -0.15) is 0 Å². The number of hydrogen-bond acceptors (Lipinski definition) is 8. The first-order chi connectivity index (χ1) is 18.8. The Labute approximate surface area is 225 Å². The van der Waals surface area contributed by atoms with Crippen LogP contribution in [0.5, 0.6) is 11.5 Å². The lowest BCUT2D eigenvalue weighted by atomic mass is 9.94. The van der Waals surface area contributed by atoms with Crippen LogP contribution in [0.1, 0.15) is 34.5 Å². The van der Waals surface area contributed by atoms with Crippen LogP contribution in [0, 0.1) is 0 Å². The van der Waals surface area contributed by atoms with Gasteiger partial charge in [0.1, 0.15) is 23.9 Å². The molecule has 2 aliphatic rings. The van der Waals surface area contributed by atoms with Crippen LogP contribution in [0.2, 0.25) is 0 Å². The van der Waals surface area contributed by atoms with Crippen molar-refractivity contribution < 1.29 is 33.7 Å². The Hall–Kier alpha value is -4.79. The van der Waals surface area contributed by atoms with Gasteiger partial charge in [-0.05, 0) is 61.0 Å². The molecule has 0 aliphatic carbocycles. The summed E-state index contributed by atoms with van der Waals surface area (Å²) in [5.41, 5.74) is 2.22. The second kappa shape index (κ2) is 10.5. The van der Waals surface area contributed by atoms with E-state index in [1.807, 2.05) is 11.9 Å². The first-order valence-corrected chi connectivity index (χ1v) is 12.5. The molecule has 1 saturated heterocycles. The van der Waals surface area contributed by atoms with Crippen LogP contribution in [0.15, 0.2) is 72.3 Å². The number of benzene rings is 3. The number of carbonyl (C=O) groups is 3. The van der Waals surface area contributed by atoms with E-state index in [0.717, 1.165) is 5.69 Å². The lowest BCUT2D eigenvalue weighted by Crippen LogP contribution is -2.29. The summed E-state index contributed by atoms with van der Waals surface area (Å²) in [6.45, 7) is 3.11. The van der Waals surface area contributed by atoms with E-state index in [0.29, 0.717) is 41.5 Å². The number of aliphatic hydroxyl groups is 1. The first kappa shape index (κ1) is 25.8. The van der Waals surface area contributed by atoms with Crippen LogP contribution >= 0.6 is 0 Å². The van der Waals surface area contributed by atoms with Gasteiger partial charge in [-0.15, -0.1) is 0 Å². The molecule has 2 heterocycles. The van der Waals surface area contributed by atoms with Crippen molar-refractivity contribution in [2.24, 2.45) is 0 Å². The van der Waals surface area contributed by atoms with Gasteiger partial charge in [0.25, 0.3) is 11.7 Å². The summed E-state index contributed by atoms with van der Waals surface area (Å²) in [6, 6.07) is 17.4. The number of nitrogens with zero attached hydrogens (tertiary/aromatic N) is 2. The van der Waals surface area contributed by atoms with Crippen LogP contribution in [-0.2, 0) is 14.3 Å². The Kier molecular flexibility index (Phi) is 6.98. The number of rotatable bonds is 6. The lowest BCUT2D eigenvalue weighted by Gasteiger charge is -2.28. The van der Waals surface area contributed by atoms with Gasteiger partial charge in [0.2, 0.25) is 0 Å². The molecule has 39 heavy (non-hydrogen) atoms. The van der Waals surface area contributed by atoms with E-state index < -0.39 is 23.7 Å². The second-order valence-corrected chi connectivity index (χ2v) is 9.17. The number of likely N-dealkylation sites (N-methyl/N-ethyl adjacent to an activating group) is 1. The molecule has 1 atom stereocenters. The van der Waals surface area contributed by atoms with E-state index in [1.165, 1.54) is 11.0 Å². The molecule has 0 aromatic heterocycles. The molecule has 1 fully saturated rings. The van der Waals surface area contributed by atoms with Gasteiger partial charge < -0.3 is 24.2 Å². The lowest BCUT2D eigenvalue weighted by molar-refractivity contribution is -0.132. The van der Waals surface area contributed by atoms with Crippen molar-refractivity contribution in [3.63, 3.8) is 0 Å². The van der Waals surface area contributed by atoms with E-state index >= 15 is 0 Å². The number of ether oxygens (including phenoxy) is 3. The molecule has 3 aromatic rings. The molecule has 5 rings (SSSR count). The van der Waals surface area contributed by atoms with Crippen molar-refractivity contribution in [3.05, 3.63) is 89.0 Å². The maximum Gasteiger partial charge on any atom is 0.338 e. The standard InChI is InChI=1S/C30H28N2O7/c1-4-38-30(36)20-6-5-7-21(16-20)32-26(18-8-11-22(37-3)12-9-18)25(28(34)29(32)35)27(33)19-10-13-24-23(17-19)31(2)14-15-39-24/h5-13,16-17,26,33H,4,14-15H2,1-3H3/b27-25-. The van der Waals surface area contributed by atoms with Crippen LogP contribution in [0.3, 0.4) is 0 Å². The number of ketones is 1. The van der Waals surface area contributed by atoms with Crippen molar-refractivity contribution in [2.45, 2.75) is 13.0 Å². The molecule has 1 amide bonds. The third-order valence-electron chi connectivity index (χ3n) is 6.84. The predicted octanol–water partition coefficient (Wildman–Crippen LogP) is 4.33. The van der Waals surface area contributed by atoms with Gasteiger partial charge in [0.15, 0.2) is 0 Å². The highest BCUT2D eigenvalue weighted by atomic mass is 16.5. The molecule has 0 bridgehead atoms. The number of amides is 1. The quantitative estimate of drug-likeness (QED) is 0.218. The van der Waals surface area contributed by atoms with Crippen molar-refractivity contribution >= 4 is 34.8 Å². The average molecular weight is 529 g/mol. The van der Waals surface area contributed by atoms with Crippen LogP contribution in [0.4, 0.5) is 11.4 Å². The number of fused-ring (bicyclic) bond motifs is 1. The van der Waals surface area contributed by atoms with E-state index in [1.54, 1.807) is 74.7 Å². The number of esters is 1. The molecule has 3 aromatic carbocycles. The molecule has 0 radical (unpaired) electrons. The number of anilines is 2. The highest BCUT2D eigenvalue weighted by Gasteiger charge is 2.47. The molecule has 0 saturated carbocycles. The zero-order valence-electron chi connectivity index (χ0n) is 21.8. The highest BCUT2D eigenvalue weighted by molar-refractivity contribution is 6.51. The fraction of sp³-hybridized carbons (Fsp3) is 0.233. The van der Waals surface area contributed by atoms with Gasteiger partial charge >= 0.3 is 5.97 Å². The number of hydrogen-bond donors (Lipinski definition) is 1. The Morgan fingerprint density at radius 1 is 1.05 bits per heavy atom. The number of aliphatic hydroxyl groups excluding tert-OH is 1. The first-order valence-electron chi connectivity index (χ1n) is 12.5. The fourth-order valence-electron chi connectivity index (χ4n) is 4.85. The number of methoxy groups -OCH3 is 1. The van der Waals surface area contributed by atoms with Crippen LogP contribution in [-0.4, -0.2) is 56.7 Å². The van der Waals surface area contributed by atoms with Gasteiger partial charge in [-0.3, -0.25) is 14.5 Å². The van der Waals surface area contributed by atoms with Crippen molar-refractivity contribution in [3.8, 4) is 11.5 Å². The number of Topliss-reactive ketones (excluding diaryl/α,β-unsaturated/α-hetero) is 1. The molecule has 9 heteroatoms. The maximum absolute atomic E-state index is 13.5. The molecule has 9 nitrogen and oxygen atoms in total. The summed E-state index contributed by atoms with van der Waals surface area (Å²) in [5.74, 6) is -1.24. The Bertz CT molecular complexity index is 1480. The summed E-state index contributed by atoms with van der Waals surface area (Å²) < 4.78 is 16.1. The zero-order valence-corrected chi connectivity index (χ0v) is 21.8. The smallest absolute Gasteiger partial charge is 0.338 e. The van der Waals surface area contributed by atoms with Crippen LogP contribution in [0.25, 0.3) is 5.76 Å². The number of carbonyl (C=O) groups excluding carboxylic acids is 3. The SMILES string of the molecule is CCOC(=O)c1cccc(N2C(=O)C(=O)/C(=C(\O)c3ccc4c(c3)N(C)CCO4)C2c2ccc(OC)cc2)c1. The van der Waals surface area contributed by atoms with Crippen molar-refractivity contribution in [1.82, 2.24) is 0 Å². The largest absolute Gasteiger partial charge is 0.507 e. The molecule has 1 unspecified atom stereocenters. The summed E-state index contributed by atoms with van der Waals surface area (Å²) >= 11 is 0. The molecular formula is C30H28N2O7. The predicted molar refractivity (Wildman–Crippen MR) is 145 cm³/mol. The minimum atomic E-state index is -0.960. The third kappa shape index (κ3) is 4.67. The maximum atomic E-state index is 13.5. The Morgan fingerprint density at radius 3 is 2.54 bits per heavy atom. The minimum absolute atomic E-state index is 0.0639. The molecule has 2 aliphatic heterocycles. The topological polar surface area (TPSA) is 106 Å². The molecule has 200 valence electrons. The van der Waals surface area contributed by atoms with E-state index in [9.17, 15) is 19.5 Å². The van der Waals surface area contributed by atoms with Crippen LogP contribution < -0.4 is 19.3 Å².